The van der Waals surface area contributed by atoms with Crippen molar-refractivity contribution in [1.29, 1.82) is 0 Å². The fraction of sp³-hybridized carbons (Fsp3) is 0.375. The maximum atomic E-state index is 13.7. The molecule has 22 heavy (non-hydrogen) atoms. The van der Waals surface area contributed by atoms with E-state index in [-0.39, 0.29) is 11.7 Å². The summed E-state index contributed by atoms with van der Waals surface area (Å²) in [5.74, 6) is 0.196. The van der Waals surface area contributed by atoms with Gasteiger partial charge >= 0.3 is 0 Å². The molecule has 0 aliphatic carbocycles. The summed E-state index contributed by atoms with van der Waals surface area (Å²) < 4.78 is 20.8. The van der Waals surface area contributed by atoms with Crippen molar-refractivity contribution in [3.8, 4) is 0 Å². The van der Waals surface area contributed by atoms with Gasteiger partial charge in [0.1, 0.15) is 17.4 Å². The number of carbonyl (C=O) groups is 1. The zero-order valence-corrected chi connectivity index (χ0v) is 12.8. The van der Waals surface area contributed by atoms with Gasteiger partial charge in [-0.1, -0.05) is 12.1 Å². The summed E-state index contributed by atoms with van der Waals surface area (Å²) in [4.78, 5) is 16.1. The third kappa shape index (κ3) is 3.51. The first-order valence-corrected chi connectivity index (χ1v) is 7.14. The molecule has 0 saturated carbocycles. The van der Waals surface area contributed by atoms with Crippen molar-refractivity contribution in [2.24, 2.45) is 7.05 Å². The summed E-state index contributed by atoms with van der Waals surface area (Å²) in [5.41, 5.74) is 1.10. The number of para-hydroxylation sites is 1. The van der Waals surface area contributed by atoms with Gasteiger partial charge < -0.3 is 14.6 Å². The molecule has 0 spiro atoms. The second-order valence-corrected chi connectivity index (χ2v) is 5.00. The maximum Gasteiger partial charge on any atom is 0.248 e. The number of fused-ring (bicyclic) bond motifs is 1. The molecule has 2 rings (SSSR count). The van der Waals surface area contributed by atoms with Gasteiger partial charge in [-0.05, 0) is 19.1 Å². The number of aromatic nitrogens is 2. The zero-order chi connectivity index (χ0) is 16.1. The molecule has 0 aliphatic heterocycles. The SMILES string of the molecule is C=CCO[C@H](C)C(=O)NCCc1nc2c(F)cccc2n1C. The molecule has 1 amide bonds. The predicted molar refractivity (Wildman–Crippen MR) is 83.0 cm³/mol. The first-order chi connectivity index (χ1) is 10.5. The number of nitrogens with zero attached hydrogens (tertiary/aromatic N) is 2. The summed E-state index contributed by atoms with van der Waals surface area (Å²) in [6.45, 7) is 5.96. The van der Waals surface area contributed by atoms with E-state index in [1.165, 1.54) is 6.07 Å². The fourth-order valence-corrected chi connectivity index (χ4v) is 2.18. The minimum absolute atomic E-state index is 0.188. The van der Waals surface area contributed by atoms with Gasteiger partial charge in [0.25, 0.3) is 0 Å². The highest BCUT2D eigenvalue weighted by atomic mass is 19.1. The Labute approximate surface area is 128 Å². The van der Waals surface area contributed by atoms with Gasteiger partial charge in [-0.15, -0.1) is 6.58 Å². The summed E-state index contributed by atoms with van der Waals surface area (Å²) in [5, 5.41) is 2.78. The fourth-order valence-electron chi connectivity index (χ4n) is 2.18. The van der Waals surface area contributed by atoms with Gasteiger partial charge in [0.15, 0.2) is 5.82 Å². The lowest BCUT2D eigenvalue weighted by Crippen LogP contribution is -2.36. The topological polar surface area (TPSA) is 56.1 Å². The van der Waals surface area contributed by atoms with Crippen LogP contribution in [-0.4, -0.2) is 34.7 Å². The van der Waals surface area contributed by atoms with Gasteiger partial charge in [-0.2, -0.15) is 0 Å². The van der Waals surface area contributed by atoms with Crippen molar-refractivity contribution >= 4 is 16.9 Å². The predicted octanol–water partition coefficient (Wildman–Crippen LogP) is 1.96. The number of hydrogen-bond acceptors (Lipinski definition) is 3. The number of benzene rings is 1. The molecule has 1 atom stereocenters. The molecule has 1 heterocycles. The van der Waals surface area contributed by atoms with Crippen molar-refractivity contribution in [1.82, 2.24) is 14.9 Å². The van der Waals surface area contributed by atoms with Crippen molar-refractivity contribution in [3.63, 3.8) is 0 Å². The molecule has 0 bridgehead atoms. The van der Waals surface area contributed by atoms with E-state index in [1.54, 1.807) is 19.1 Å². The Hall–Kier alpha value is -2.21. The molecule has 0 radical (unpaired) electrons. The molecule has 6 heteroatoms. The van der Waals surface area contributed by atoms with Crippen LogP contribution in [0.25, 0.3) is 11.0 Å². The number of hydrogen-bond donors (Lipinski definition) is 1. The number of rotatable bonds is 7. The molecule has 0 saturated heterocycles. The summed E-state index contributed by atoms with van der Waals surface area (Å²) >= 11 is 0. The molecule has 0 aliphatic rings. The highest BCUT2D eigenvalue weighted by Crippen LogP contribution is 2.17. The van der Waals surface area contributed by atoms with Crippen molar-refractivity contribution in [2.75, 3.05) is 13.2 Å². The molecule has 0 unspecified atom stereocenters. The number of amides is 1. The van der Waals surface area contributed by atoms with E-state index in [0.29, 0.717) is 25.1 Å². The van der Waals surface area contributed by atoms with E-state index < -0.39 is 6.10 Å². The normalized spacial score (nSPS) is 12.3. The van der Waals surface area contributed by atoms with Crippen LogP contribution in [0.1, 0.15) is 12.7 Å². The van der Waals surface area contributed by atoms with Crippen LogP contribution in [0.3, 0.4) is 0 Å². The minimum Gasteiger partial charge on any atom is -0.365 e. The number of halogens is 1. The van der Waals surface area contributed by atoms with E-state index >= 15 is 0 Å². The monoisotopic (exact) mass is 305 g/mol. The Morgan fingerprint density at radius 1 is 1.59 bits per heavy atom. The highest BCUT2D eigenvalue weighted by Gasteiger charge is 2.14. The van der Waals surface area contributed by atoms with Crippen LogP contribution in [0.4, 0.5) is 4.39 Å². The average molecular weight is 305 g/mol. The van der Waals surface area contributed by atoms with Crippen LogP contribution in [0.15, 0.2) is 30.9 Å². The van der Waals surface area contributed by atoms with Gasteiger partial charge in [0, 0.05) is 20.0 Å². The first kappa shape index (κ1) is 16.2. The van der Waals surface area contributed by atoms with Crippen LogP contribution < -0.4 is 5.32 Å². The van der Waals surface area contributed by atoms with Gasteiger partial charge in [-0.3, -0.25) is 4.79 Å². The maximum absolute atomic E-state index is 13.7. The second kappa shape index (κ2) is 7.17. The van der Waals surface area contributed by atoms with Crippen LogP contribution in [0, 0.1) is 5.82 Å². The van der Waals surface area contributed by atoms with Crippen LogP contribution in [0.5, 0.6) is 0 Å². The minimum atomic E-state index is -0.532. The third-order valence-electron chi connectivity index (χ3n) is 3.44. The summed E-state index contributed by atoms with van der Waals surface area (Å²) in [7, 11) is 1.84. The lowest BCUT2D eigenvalue weighted by molar-refractivity contribution is -0.130. The third-order valence-corrected chi connectivity index (χ3v) is 3.44. The second-order valence-electron chi connectivity index (χ2n) is 5.00. The average Bonchev–Trinajstić information content (AvgIpc) is 2.83. The lowest BCUT2D eigenvalue weighted by atomic mass is 10.3. The van der Waals surface area contributed by atoms with Crippen molar-refractivity contribution in [3.05, 3.63) is 42.5 Å². The summed E-state index contributed by atoms with van der Waals surface area (Å²) in [6, 6.07) is 4.86. The quantitative estimate of drug-likeness (QED) is 0.796. The van der Waals surface area contributed by atoms with E-state index in [1.807, 2.05) is 17.7 Å². The number of nitrogens with one attached hydrogen (secondary N) is 1. The Morgan fingerprint density at radius 2 is 2.36 bits per heavy atom. The lowest BCUT2D eigenvalue weighted by Gasteiger charge is -2.12. The van der Waals surface area contributed by atoms with E-state index in [0.717, 1.165) is 11.3 Å². The Balaban J connectivity index is 1.95. The molecule has 0 fully saturated rings. The number of imidazole rings is 1. The standard InChI is InChI=1S/C16H20FN3O2/c1-4-10-22-11(2)16(21)18-9-8-14-19-15-12(17)6-5-7-13(15)20(14)3/h4-7,11H,1,8-10H2,2-3H3,(H,18,21)/t11-/m1/s1. The van der Waals surface area contributed by atoms with E-state index in [2.05, 4.69) is 16.9 Å². The molecule has 2 aromatic rings. The van der Waals surface area contributed by atoms with E-state index in [9.17, 15) is 9.18 Å². The molecule has 5 nitrogen and oxygen atoms in total. The Morgan fingerprint density at radius 3 is 3.05 bits per heavy atom. The molecule has 1 N–H and O–H groups in total. The first-order valence-electron chi connectivity index (χ1n) is 7.14. The van der Waals surface area contributed by atoms with Crippen LogP contribution >= 0.6 is 0 Å². The van der Waals surface area contributed by atoms with Crippen LogP contribution in [-0.2, 0) is 23.0 Å². The van der Waals surface area contributed by atoms with Gasteiger partial charge in [0.2, 0.25) is 5.91 Å². The molecular weight excluding hydrogens is 285 g/mol. The Bertz CT molecular complexity index is 681. The van der Waals surface area contributed by atoms with Crippen LogP contribution in [0.2, 0.25) is 0 Å². The largest absolute Gasteiger partial charge is 0.365 e. The smallest absolute Gasteiger partial charge is 0.248 e. The van der Waals surface area contributed by atoms with E-state index in [4.69, 9.17) is 4.74 Å². The highest BCUT2D eigenvalue weighted by molar-refractivity contribution is 5.80. The molecule has 118 valence electrons. The number of carbonyl (C=O) groups excluding carboxylic acids is 1. The van der Waals surface area contributed by atoms with Crippen molar-refractivity contribution < 1.29 is 13.9 Å². The molecule has 1 aromatic carbocycles. The van der Waals surface area contributed by atoms with Crippen molar-refractivity contribution in [2.45, 2.75) is 19.4 Å². The molecule has 1 aromatic heterocycles. The Kier molecular flexibility index (Phi) is 5.27. The number of aryl methyl sites for hydroxylation is 1. The molecular formula is C16H20FN3O2. The van der Waals surface area contributed by atoms with Gasteiger partial charge in [0.05, 0.1) is 12.1 Å². The zero-order valence-electron chi connectivity index (χ0n) is 12.8. The number of ether oxygens (including phenoxy) is 1. The summed E-state index contributed by atoms with van der Waals surface area (Å²) in [6.07, 6.45) is 1.58. The van der Waals surface area contributed by atoms with Gasteiger partial charge in [-0.25, -0.2) is 9.37 Å².